The fourth-order valence-electron chi connectivity index (χ4n) is 1.45. The summed E-state index contributed by atoms with van der Waals surface area (Å²) < 4.78 is 1.90. The van der Waals surface area contributed by atoms with Crippen molar-refractivity contribution in [2.45, 2.75) is 19.8 Å². The first-order chi connectivity index (χ1) is 5.77. The Bertz CT molecular complexity index is 303. The second kappa shape index (κ2) is 2.73. The molecule has 0 spiro atoms. The monoisotopic (exact) mass is 163 g/mol. The second-order valence-corrected chi connectivity index (χ2v) is 3.23. The average Bonchev–Trinajstić information content (AvgIpc) is 2.61. The van der Waals surface area contributed by atoms with Crippen molar-refractivity contribution in [3.05, 3.63) is 17.5 Å². The highest BCUT2D eigenvalue weighted by Gasteiger charge is 2.12. The van der Waals surface area contributed by atoms with E-state index in [4.69, 9.17) is 0 Å². The molecule has 0 unspecified atom stereocenters. The van der Waals surface area contributed by atoms with Gasteiger partial charge in [-0.3, -0.25) is 9.67 Å². The van der Waals surface area contributed by atoms with Crippen LogP contribution in [-0.2, 0) is 7.05 Å². The summed E-state index contributed by atoms with van der Waals surface area (Å²) >= 11 is 0. The first-order valence-electron chi connectivity index (χ1n) is 4.32. The van der Waals surface area contributed by atoms with E-state index in [1.54, 1.807) is 0 Å². The number of aromatic nitrogens is 2. The van der Waals surface area contributed by atoms with Crippen LogP contribution in [0.4, 0.5) is 0 Å². The fourth-order valence-corrected chi connectivity index (χ4v) is 1.45. The Morgan fingerprint density at radius 1 is 1.50 bits per heavy atom. The van der Waals surface area contributed by atoms with Crippen LogP contribution in [0.3, 0.4) is 0 Å². The van der Waals surface area contributed by atoms with Crippen LogP contribution in [0.2, 0.25) is 0 Å². The second-order valence-electron chi connectivity index (χ2n) is 3.23. The molecule has 0 radical (unpaired) electrons. The van der Waals surface area contributed by atoms with Crippen molar-refractivity contribution in [1.29, 1.82) is 0 Å². The zero-order chi connectivity index (χ0) is 8.55. The molecule has 0 fully saturated rings. The van der Waals surface area contributed by atoms with Crippen LogP contribution >= 0.6 is 0 Å². The van der Waals surface area contributed by atoms with Gasteiger partial charge in [-0.2, -0.15) is 5.10 Å². The van der Waals surface area contributed by atoms with E-state index in [0.717, 1.165) is 18.7 Å². The van der Waals surface area contributed by atoms with Crippen LogP contribution in [-0.4, -0.2) is 22.0 Å². The molecule has 3 heteroatoms. The van der Waals surface area contributed by atoms with Gasteiger partial charge in [0.2, 0.25) is 0 Å². The highest BCUT2D eigenvalue weighted by molar-refractivity contribution is 5.99. The first-order valence-corrected chi connectivity index (χ1v) is 4.32. The smallest absolute Gasteiger partial charge is 0.106 e. The normalized spacial score (nSPS) is 16.7. The number of aliphatic imine (C=N–C) groups is 1. The van der Waals surface area contributed by atoms with E-state index in [1.807, 2.05) is 11.7 Å². The number of hydrogen-bond acceptors (Lipinski definition) is 2. The third-order valence-electron chi connectivity index (χ3n) is 2.28. The maximum atomic E-state index is 4.40. The van der Waals surface area contributed by atoms with Crippen LogP contribution in [0.15, 0.2) is 11.1 Å². The van der Waals surface area contributed by atoms with Crippen molar-refractivity contribution >= 4 is 5.71 Å². The molecule has 1 aromatic heterocycles. The molecule has 2 heterocycles. The van der Waals surface area contributed by atoms with E-state index in [9.17, 15) is 0 Å². The summed E-state index contributed by atoms with van der Waals surface area (Å²) in [4.78, 5) is 4.40. The van der Waals surface area contributed by atoms with Gasteiger partial charge in [-0.1, -0.05) is 0 Å². The topological polar surface area (TPSA) is 30.2 Å². The summed E-state index contributed by atoms with van der Waals surface area (Å²) in [6, 6.07) is 2.10. The summed E-state index contributed by atoms with van der Waals surface area (Å²) in [5, 5.41) is 4.38. The zero-order valence-corrected chi connectivity index (χ0v) is 7.54. The van der Waals surface area contributed by atoms with Crippen molar-refractivity contribution in [3.8, 4) is 0 Å². The molecule has 0 bridgehead atoms. The lowest BCUT2D eigenvalue weighted by molar-refractivity contribution is 0.737. The van der Waals surface area contributed by atoms with E-state index in [-0.39, 0.29) is 0 Å². The highest BCUT2D eigenvalue weighted by Crippen LogP contribution is 2.12. The molecule has 0 atom stereocenters. The lowest BCUT2D eigenvalue weighted by atomic mass is 10.2. The molecule has 0 aromatic carbocycles. The highest BCUT2D eigenvalue weighted by atomic mass is 15.3. The molecule has 1 aromatic rings. The summed E-state index contributed by atoms with van der Waals surface area (Å²) in [6.07, 6.45) is 2.28. The van der Waals surface area contributed by atoms with Crippen LogP contribution in [0.25, 0.3) is 0 Å². The van der Waals surface area contributed by atoms with Crippen LogP contribution in [0.1, 0.15) is 24.2 Å². The van der Waals surface area contributed by atoms with Crippen molar-refractivity contribution < 1.29 is 0 Å². The number of hydrogen-bond donors (Lipinski definition) is 0. The summed E-state index contributed by atoms with van der Waals surface area (Å²) in [5.41, 5.74) is 3.44. The Hall–Kier alpha value is -1.12. The van der Waals surface area contributed by atoms with Gasteiger partial charge in [-0.05, 0) is 25.8 Å². The van der Waals surface area contributed by atoms with E-state index in [1.165, 1.54) is 17.8 Å². The van der Waals surface area contributed by atoms with E-state index in [2.05, 4.69) is 23.1 Å². The van der Waals surface area contributed by atoms with Gasteiger partial charge in [0.05, 0.1) is 5.71 Å². The Balaban J connectivity index is 2.34. The molecule has 1 aliphatic rings. The van der Waals surface area contributed by atoms with Crippen molar-refractivity contribution in [2.75, 3.05) is 6.54 Å². The summed E-state index contributed by atoms with van der Waals surface area (Å²) in [7, 11) is 1.97. The molecular weight excluding hydrogens is 150 g/mol. The molecule has 64 valence electrons. The third kappa shape index (κ3) is 1.15. The van der Waals surface area contributed by atoms with Gasteiger partial charge in [0.1, 0.15) is 5.69 Å². The lowest BCUT2D eigenvalue weighted by Crippen LogP contribution is -1.99. The predicted octanol–water partition coefficient (Wildman–Crippen LogP) is 1.31. The van der Waals surface area contributed by atoms with Gasteiger partial charge in [-0.15, -0.1) is 0 Å². The van der Waals surface area contributed by atoms with Gasteiger partial charge in [0, 0.05) is 19.3 Å². The molecule has 12 heavy (non-hydrogen) atoms. The summed E-state index contributed by atoms with van der Waals surface area (Å²) in [5.74, 6) is 0. The zero-order valence-electron chi connectivity index (χ0n) is 7.54. The summed E-state index contributed by atoms with van der Waals surface area (Å²) in [6.45, 7) is 3.04. The maximum Gasteiger partial charge on any atom is 0.106 e. The van der Waals surface area contributed by atoms with Gasteiger partial charge in [-0.25, -0.2) is 0 Å². The number of aryl methyl sites for hydroxylation is 2. The molecule has 0 amide bonds. The third-order valence-corrected chi connectivity index (χ3v) is 2.28. The first kappa shape index (κ1) is 7.53. The maximum absolute atomic E-state index is 4.40. The molecule has 0 saturated heterocycles. The van der Waals surface area contributed by atoms with E-state index >= 15 is 0 Å². The molecule has 1 aliphatic heterocycles. The Labute approximate surface area is 72.1 Å². The standard InChI is InChI=1S/C9H13N3/c1-7-6-9(11-12(7)2)8-4-3-5-10-8/h6H,3-5H2,1-2H3. The SMILES string of the molecule is Cc1cc(C2=NCCC2)nn1C. The van der Waals surface area contributed by atoms with Gasteiger partial charge in [0.15, 0.2) is 0 Å². The molecule has 0 aliphatic carbocycles. The van der Waals surface area contributed by atoms with Gasteiger partial charge < -0.3 is 0 Å². The number of rotatable bonds is 1. The van der Waals surface area contributed by atoms with Crippen LogP contribution < -0.4 is 0 Å². The van der Waals surface area contributed by atoms with Gasteiger partial charge >= 0.3 is 0 Å². The quantitative estimate of drug-likeness (QED) is 0.614. The largest absolute Gasteiger partial charge is 0.287 e. The minimum atomic E-state index is 0.977. The van der Waals surface area contributed by atoms with Crippen molar-refractivity contribution in [2.24, 2.45) is 12.0 Å². The van der Waals surface area contributed by atoms with Crippen LogP contribution in [0, 0.1) is 6.92 Å². The minimum absolute atomic E-state index is 0.977. The fraction of sp³-hybridized carbons (Fsp3) is 0.556. The molecule has 0 N–H and O–H groups in total. The number of nitrogens with zero attached hydrogens (tertiary/aromatic N) is 3. The van der Waals surface area contributed by atoms with Crippen molar-refractivity contribution in [3.63, 3.8) is 0 Å². The Morgan fingerprint density at radius 3 is 2.83 bits per heavy atom. The molecular formula is C9H13N3. The molecule has 2 rings (SSSR count). The van der Waals surface area contributed by atoms with Crippen LogP contribution in [0.5, 0.6) is 0 Å². The average molecular weight is 163 g/mol. The molecule has 3 nitrogen and oxygen atoms in total. The predicted molar refractivity (Wildman–Crippen MR) is 48.6 cm³/mol. The minimum Gasteiger partial charge on any atom is -0.287 e. The Kier molecular flexibility index (Phi) is 1.71. The lowest BCUT2D eigenvalue weighted by Gasteiger charge is -1.91. The van der Waals surface area contributed by atoms with Gasteiger partial charge in [0.25, 0.3) is 0 Å². The van der Waals surface area contributed by atoms with Crippen molar-refractivity contribution in [1.82, 2.24) is 9.78 Å². The van der Waals surface area contributed by atoms with E-state index in [0.29, 0.717) is 0 Å². The van der Waals surface area contributed by atoms with E-state index < -0.39 is 0 Å². The Morgan fingerprint density at radius 2 is 2.33 bits per heavy atom. The molecule has 0 saturated carbocycles.